The van der Waals surface area contributed by atoms with Crippen molar-refractivity contribution in [2.45, 2.75) is 17.7 Å². The molecule has 0 fully saturated rings. The van der Waals surface area contributed by atoms with Gasteiger partial charge < -0.3 is 0 Å². The zero-order chi connectivity index (χ0) is 15.0. The van der Waals surface area contributed by atoms with Gasteiger partial charge in [-0.1, -0.05) is 15.9 Å². The van der Waals surface area contributed by atoms with E-state index in [0.717, 1.165) is 0 Å². The lowest BCUT2D eigenvalue weighted by molar-refractivity contribution is -0.388. The molecular formula is C9H4BrF6NO2. The molecule has 0 atom stereocenters. The van der Waals surface area contributed by atoms with Crippen LogP contribution in [-0.4, -0.2) is 4.92 Å². The molecular weight excluding hydrogens is 348 g/mol. The number of benzene rings is 1. The Morgan fingerprint density at radius 1 is 1.05 bits per heavy atom. The molecule has 0 aliphatic heterocycles. The summed E-state index contributed by atoms with van der Waals surface area (Å²) in [4.78, 5) is 9.18. The molecule has 0 bridgehead atoms. The summed E-state index contributed by atoms with van der Waals surface area (Å²) < 4.78 is 75.4. The first-order chi connectivity index (χ1) is 8.50. The molecule has 106 valence electrons. The first-order valence-electron chi connectivity index (χ1n) is 4.50. The lowest BCUT2D eigenvalue weighted by Crippen LogP contribution is -2.15. The molecule has 1 rings (SSSR count). The van der Waals surface area contributed by atoms with Crippen LogP contribution in [0.4, 0.5) is 32.0 Å². The van der Waals surface area contributed by atoms with Crippen LogP contribution in [0.2, 0.25) is 0 Å². The van der Waals surface area contributed by atoms with Gasteiger partial charge >= 0.3 is 12.4 Å². The van der Waals surface area contributed by atoms with Crippen molar-refractivity contribution in [1.29, 1.82) is 0 Å². The molecule has 0 heterocycles. The van der Waals surface area contributed by atoms with Crippen molar-refractivity contribution in [3.05, 3.63) is 38.9 Å². The van der Waals surface area contributed by atoms with Crippen LogP contribution in [0.5, 0.6) is 0 Å². The summed E-state index contributed by atoms with van der Waals surface area (Å²) in [6.07, 6.45) is -10.1. The Morgan fingerprint density at radius 3 is 1.79 bits per heavy atom. The second-order valence-electron chi connectivity index (χ2n) is 3.37. The molecule has 0 aromatic heterocycles. The topological polar surface area (TPSA) is 43.1 Å². The van der Waals surface area contributed by atoms with Crippen LogP contribution in [0.3, 0.4) is 0 Å². The molecule has 19 heavy (non-hydrogen) atoms. The molecule has 3 nitrogen and oxygen atoms in total. The van der Waals surface area contributed by atoms with Crippen molar-refractivity contribution in [3.63, 3.8) is 0 Å². The fraction of sp³-hybridized carbons (Fsp3) is 0.333. The largest absolute Gasteiger partial charge is 0.423 e. The summed E-state index contributed by atoms with van der Waals surface area (Å²) in [6.45, 7) is 0. The number of hydrogen-bond acceptors (Lipinski definition) is 2. The summed E-state index contributed by atoms with van der Waals surface area (Å²) in [5.41, 5.74) is -5.81. The normalized spacial score (nSPS) is 12.6. The number of nitro groups is 1. The average Bonchev–Trinajstić information content (AvgIpc) is 2.24. The zero-order valence-electron chi connectivity index (χ0n) is 8.77. The second-order valence-corrected chi connectivity index (χ2v) is 3.93. The Labute approximate surface area is 110 Å². The summed E-state index contributed by atoms with van der Waals surface area (Å²) >= 11 is 2.55. The predicted molar refractivity (Wildman–Crippen MR) is 55.7 cm³/mol. The van der Waals surface area contributed by atoms with Crippen LogP contribution in [0.1, 0.15) is 16.7 Å². The van der Waals surface area contributed by atoms with Crippen molar-refractivity contribution < 1.29 is 31.3 Å². The highest BCUT2D eigenvalue weighted by molar-refractivity contribution is 9.08. The molecule has 0 N–H and O–H groups in total. The van der Waals surface area contributed by atoms with Gasteiger partial charge in [-0.05, 0) is 12.1 Å². The maximum Gasteiger partial charge on any atom is 0.423 e. The minimum atomic E-state index is -5.11. The summed E-state index contributed by atoms with van der Waals surface area (Å²) in [5, 5.41) is 9.92. The summed E-state index contributed by atoms with van der Waals surface area (Å²) in [7, 11) is 0. The van der Waals surface area contributed by atoms with E-state index in [2.05, 4.69) is 15.9 Å². The molecule has 10 heteroatoms. The van der Waals surface area contributed by atoms with Crippen molar-refractivity contribution in [2.24, 2.45) is 0 Å². The summed E-state index contributed by atoms with van der Waals surface area (Å²) in [6, 6.07) is 0.250. The van der Waals surface area contributed by atoms with E-state index in [-0.39, 0.29) is 12.1 Å². The van der Waals surface area contributed by atoms with Gasteiger partial charge in [0.2, 0.25) is 0 Å². The fourth-order valence-electron chi connectivity index (χ4n) is 1.47. The van der Waals surface area contributed by atoms with Gasteiger partial charge in [-0.25, -0.2) is 0 Å². The van der Waals surface area contributed by atoms with E-state index in [1.165, 1.54) is 0 Å². The number of nitrogens with zero attached hydrogens (tertiary/aromatic N) is 1. The first-order valence-corrected chi connectivity index (χ1v) is 5.63. The Hall–Kier alpha value is -1.32. The number of nitro benzene ring substituents is 1. The van der Waals surface area contributed by atoms with Crippen molar-refractivity contribution in [3.8, 4) is 0 Å². The van der Waals surface area contributed by atoms with E-state index in [9.17, 15) is 36.5 Å². The number of hydrogen-bond donors (Lipinski definition) is 0. The highest BCUT2D eigenvalue weighted by Gasteiger charge is 2.44. The van der Waals surface area contributed by atoms with Gasteiger partial charge in [-0.2, -0.15) is 26.3 Å². The molecule has 0 radical (unpaired) electrons. The van der Waals surface area contributed by atoms with Gasteiger partial charge in [-0.3, -0.25) is 10.1 Å². The Bertz CT molecular complexity index is 511. The fourth-order valence-corrected chi connectivity index (χ4v) is 2.04. The molecule has 1 aromatic carbocycles. The van der Waals surface area contributed by atoms with Crippen LogP contribution < -0.4 is 0 Å². The monoisotopic (exact) mass is 351 g/mol. The van der Waals surface area contributed by atoms with Gasteiger partial charge in [0.1, 0.15) is 5.56 Å². The molecule has 0 aliphatic rings. The number of alkyl halides is 7. The second kappa shape index (κ2) is 4.99. The maximum atomic E-state index is 12.6. The lowest BCUT2D eigenvalue weighted by Gasteiger charge is -2.15. The quantitative estimate of drug-likeness (QED) is 0.340. The van der Waals surface area contributed by atoms with E-state index in [1.807, 2.05) is 0 Å². The smallest absolute Gasteiger partial charge is 0.258 e. The molecule has 0 amide bonds. The minimum absolute atomic E-state index is 0.0626. The molecule has 1 aromatic rings. The van der Waals surface area contributed by atoms with Crippen LogP contribution in [0.25, 0.3) is 0 Å². The van der Waals surface area contributed by atoms with Gasteiger partial charge in [0.05, 0.1) is 16.1 Å². The predicted octanol–water partition coefficient (Wildman–Crippen LogP) is 4.53. The van der Waals surface area contributed by atoms with E-state index in [0.29, 0.717) is 0 Å². The van der Waals surface area contributed by atoms with Gasteiger partial charge in [-0.15, -0.1) is 0 Å². The third kappa shape index (κ3) is 3.17. The minimum Gasteiger partial charge on any atom is -0.258 e. The van der Waals surface area contributed by atoms with Crippen LogP contribution >= 0.6 is 15.9 Å². The zero-order valence-corrected chi connectivity index (χ0v) is 10.4. The average molecular weight is 352 g/mol. The van der Waals surface area contributed by atoms with Crippen LogP contribution in [-0.2, 0) is 17.7 Å². The molecule has 0 saturated carbocycles. The molecule has 0 aliphatic carbocycles. The standard InChI is InChI=1S/C9H4BrF6NO2/c10-3-4-5(8(11,12)13)1-2-6(9(14,15)16)7(4)17(18)19/h1-2H,3H2. The third-order valence-electron chi connectivity index (χ3n) is 2.21. The van der Waals surface area contributed by atoms with Crippen molar-refractivity contribution >= 4 is 21.6 Å². The van der Waals surface area contributed by atoms with E-state index in [1.54, 1.807) is 0 Å². The summed E-state index contributed by atoms with van der Waals surface area (Å²) in [5.74, 6) is 0. The van der Waals surface area contributed by atoms with Gasteiger partial charge in [0.15, 0.2) is 0 Å². The third-order valence-corrected chi connectivity index (χ3v) is 2.77. The van der Waals surface area contributed by atoms with Gasteiger partial charge in [0, 0.05) is 5.33 Å². The lowest BCUT2D eigenvalue weighted by atomic mass is 10.0. The van der Waals surface area contributed by atoms with Crippen molar-refractivity contribution in [1.82, 2.24) is 0 Å². The van der Waals surface area contributed by atoms with Crippen molar-refractivity contribution in [2.75, 3.05) is 0 Å². The van der Waals surface area contributed by atoms with Crippen LogP contribution in [0, 0.1) is 10.1 Å². The van der Waals surface area contributed by atoms with E-state index < -0.39 is 45.0 Å². The molecule has 0 spiro atoms. The Balaban J connectivity index is 3.72. The van der Waals surface area contributed by atoms with Crippen LogP contribution in [0.15, 0.2) is 12.1 Å². The Morgan fingerprint density at radius 2 is 1.47 bits per heavy atom. The van der Waals surface area contributed by atoms with Gasteiger partial charge in [0.25, 0.3) is 5.69 Å². The Kier molecular flexibility index (Phi) is 4.13. The maximum absolute atomic E-state index is 12.6. The first kappa shape index (κ1) is 15.7. The highest BCUT2D eigenvalue weighted by atomic mass is 79.9. The van der Waals surface area contributed by atoms with E-state index in [4.69, 9.17) is 0 Å². The van der Waals surface area contributed by atoms with E-state index >= 15 is 0 Å². The number of halogens is 7. The molecule has 0 saturated heterocycles. The SMILES string of the molecule is O=[N+]([O-])c1c(C(F)(F)F)ccc(C(F)(F)F)c1CBr. The number of rotatable bonds is 2. The highest BCUT2D eigenvalue weighted by Crippen LogP contribution is 2.43. The molecule has 0 unspecified atom stereocenters.